The average molecular weight is 451 g/mol. The number of nitriles is 1. The van der Waals surface area contributed by atoms with Crippen molar-refractivity contribution < 1.29 is 13.2 Å². The first-order chi connectivity index (χ1) is 15.5. The topological polar surface area (TPSA) is 111 Å². The Labute approximate surface area is 186 Å². The molecule has 9 nitrogen and oxygen atoms in total. The SMILES string of the molecule is N#Cc1cnn(-c2ccccc2)c1NC(=O)CN1CCN(S(=O)(=O)c2ccccc2)CC1. The molecule has 0 unspecified atom stereocenters. The molecule has 0 bridgehead atoms. The van der Waals surface area contributed by atoms with Crippen LogP contribution in [0.2, 0.25) is 0 Å². The highest BCUT2D eigenvalue weighted by molar-refractivity contribution is 7.89. The van der Waals surface area contributed by atoms with Crippen molar-refractivity contribution in [2.75, 3.05) is 38.0 Å². The van der Waals surface area contributed by atoms with E-state index in [9.17, 15) is 18.5 Å². The van der Waals surface area contributed by atoms with E-state index in [2.05, 4.69) is 10.4 Å². The van der Waals surface area contributed by atoms with E-state index in [-0.39, 0.29) is 22.9 Å². The summed E-state index contributed by atoms with van der Waals surface area (Å²) >= 11 is 0. The molecule has 0 spiro atoms. The molecule has 1 aliphatic heterocycles. The van der Waals surface area contributed by atoms with Crippen LogP contribution in [-0.4, -0.2) is 66.0 Å². The van der Waals surface area contributed by atoms with Crippen LogP contribution in [0.3, 0.4) is 0 Å². The first-order valence-corrected chi connectivity index (χ1v) is 11.5. The van der Waals surface area contributed by atoms with Crippen molar-refractivity contribution in [2.24, 2.45) is 0 Å². The molecule has 0 saturated carbocycles. The van der Waals surface area contributed by atoms with Gasteiger partial charge in [0.2, 0.25) is 15.9 Å². The predicted molar refractivity (Wildman–Crippen MR) is 119 cm³/mol. The van der Waals surface area contributed by atoms with Crippen LogP contribution in [0.4, 0.5) is 5.82 Å². The predicted octanol–water partition coefficient (Wildman–Crippen LogP) is 1.69. The molecule has 1 aliphatic rings. The number of nitrogens with zero attached hydrogens (tertiary/aromatic N) is 5. The molecule has 2 heterocycles. The van der Waals surface area contributed by atoms with Crippen molar-refractivity contribution in [1.29, 1.82) is 5.26 Å². The minimum atomic E-state index is -3.54. The van der Waals surface area contributed by atoms with Gasteiger partial charge in [-0.2, -0.15) is 14.7 Å². The number of aromatic nitrogens is 2. The number of benzene rings is 2. The molecule has 2 aromatic carbocycles. The molecule has 0 aliphatic carbocycles. The summed E-state index contributed by atoms with van der Waals surface area (Å²) in [6.45, 7) is 1.56. The Morgan fingerprint density at radius 1 is 1.00 bits per heavy atom. The molecule has 0 atom stereocenters. The molecule has 0 radical (unpaired) electrons. The highest BCUT2D eigenvalue weighted by Crippen LogP contribution is 2.20. The molecule has 4 rings (SSSR count). The average Bonchev–Trinajstić information content (AvgIpc) is 3.23. The van der Waals surface area contributed by atoms with Gasteiger partial charge in [-0.25, -0.2) is 13.1 Å². The Kier molecular flexibility index (Phi) is 6.32. The van der Waals surface area contributed by atoms with E-state index in [1.165, 1.54) is 15.2 Å². The molecular weight excluding hydrogens is 428 g/mol. The van der Waals surface area contributed by atoms with E-state index in [4.69, 9.17) is 0 Å². The zero-order valence-electron chi connectivity index (χ0n) is 17.3. The van der Waals surface area contributed by atoms with Crippen LogP contribution in [0, 0.1) is 11.3 Å². The molecule has 3 aromatic rings. The number of nitrogens with one attached hydrogen (secondary N) is 1. The Morgan fingerprint density at radius 3 is 2.25 bits per heavy atom. The third kappa shape index (κ3) is 4.55. The van der Waals surface area contributed by atoms with E-state index in [1.807, 2.05) is 41.3 Å². The molecular formula is C22H22N6O3S. The van der Waals surface area contributed by atoms with Crippen molar-refractivity contribution in [3.05, 3.63) is 72.4 Å². The van der Waals surface area contributed by atoms with Crippen molar-refractivity contribution in [3.63, 3.8) is 0 Å². The molecule has 1 aromatic heterocycles. The maximum absolute atomic E-state index is 12.8. The van der Waals surface area contributed by atoms with Gasteiger partial charge >= 0.3 is 0 Å². The summed E-state index contributed by atoms with van der Waals surface area (Å²) in [6.07, 6.45) is 1.41. The highest BCUT2D eigenvalue weighted by Gasteiger charge is 2.29. The highest BCUT2D eigenvalue weighted by atomic mass is 32.2. The zero-order chi connectivity index (χ0) is 22.6. The Hall–Kier alpha value is -3.52. The van der Waals surface area contributed by atoms with E-state index < -0.39 is 10.0 Å². The monoisotopic (exact) mass is 450 g/mol. The van der Waals surface area contributed by atoms with E-state index in [0.717, 1.165) is 5.69 Å². The number of para-hydroxylation sites is 1. The molecule has 1 amide bonds. The van der Waals surface area contributed by atoms with Crippen LogP contribution in [0.5, 0.6) is 0 Å². The molecule has 1 fully saturated rings. The van der Waals surface area contributed by atoms with E-state index >= 15 is 0 Å². The van der Waals surface area contributed by atoms with Crippen molar-refractivity contribution in [2.45, 2.75) is 4.90 Å². The minimum absolute atomic E-state index is 0.0874. The Balaban J connectivity index is 1.39. The summed E-state index contributed by atoms with van der Waals surface area (Å²) in [6, 6.07) is 19.6. The van der Waals surface area contributed by atoms with Crippen LogP contribution < -0.4 is 5.32 Å². The quantitative estimate of drug-likeness (QED) is 0.612. The van der Waals surface area contributed by atoms with E-state index in [1.54, 1.807) is 30.3 Å². The molecule has 32 heavy (non-hydrogen) atoms. The maximum atomic E-state index is 12.8. The normalized spacial score (nSPS) is 15.2. The number of sulfonamides is 1. The first kappa shape index (κ1) is 21.7. The summed E-state index contributed by atoms with van der Waals surface area (Å²) in [7, 11) is -3.54. The van der Waals surface area contributed by atoms with Gasteiger partial charge in [0.15, 0.2) is 5.82 Å². The van der Waals surface area contributed by atoms with Gasteiger partial charge in [0.25, 0.3) is 0 Å². The standard InChI is InChI=1S/C22H22N6O3S/c23-15-18-16-24-28(19-7-3-1-4-8-19)22(18)25-21(29)17-26-11-13-27(14-12-26)32(30,31)20-9-5-2-6-10-20/h1-10,16H,11-14,17H2,(H,25,29). The third-order valence-electron chi connectivity index (χ3n) is 5.23. The Morgan fingerprint density at radius 2 is 1.62 bits per heavy atom. The Bertz CT molecular complexity index is 1230. The van der Waals surface area contributed by atoms with Gasteiger partial charge in [0.05, 0.1) is 23.3 Å². The molecule has 164 valence electrons. The van der Waals surface area contributed by atoms with Crippen LogP contribution >= 0.6 is 0 Å². The van der Waals surface area contributed by atoms with Crippen LogP contribution in [-0.2, 0) is 14.8 Å². The van der Waals surface area contributed by atoms with E-state index in [0.29, 0.717) is 32.0 Å². The number of amides is 1. The third-order valence-corrected chi connectivity index (χ3v) is 7.14. The summed E-state index contributed by atoms with van der Waals surface area (Å²) in [5, 5.41) is 16.4. The minimum Gasteiger partial charge on any atom is -0.308 e. The zero-order valence-corrected chi connectivity index (χ0v) is 18.1. The lowest BCUT2D eigenvalue weighted by atomic mass is 10.3. The van der Waals surface area contributed by atoms with Crippen molar-refractivity contribution in [3.8, 4) is 11.8 Å². The number of carbonyl (C=O) groups excluding carboxylic acids is 1. The van der Waals surface area contributed by atoms with Gasteiger partial charge in [0, 0.05) is 26.2 Å². The van der Waals surface area contributed by atoms with Crippen LogP contribution in [0.1, 0.15) is 5.56 Å². The summed E-state index contributed by atoms with van der Waals surface area (Å²) in [4.78, 5) is 14.9. The van der Waals surface area contributed by atoms with Gasteiger partial charge in [-0.1, -0.05) is 36.4 Å². The van der Waals surface area contributed by atoms with Gasteiger partial charge in [-0.3, -0.25) is 9.69 Å². The second-order valence-electron chi connectivity index (χ2n) is 7.31. The van der Waals surface area contributed by atoms with Gasteiger partial charge in [-0.15, -0.1) is 0 Å². The number of hydrogen-bond acceptors (Lipinski definition) is 6. The van der Waals surface area contributed by atoms with Gasteiger partial charge in [0.1, 0.15) is 11.6 Å². The molecule has 10 heteroatoms. The second kappa shape index (κ2) is 9.32. The lowest BCUT2D eigenvalue weighted by Gasteiger charge is -2.33. The number of rotatable bonds is 6. The number of carbonyl (C=O) groups is 1. The van der Waals surface area contributed by atoms with Crippen LogP contribution in [0.15, 0.2) is 71.8 Å². The summed E-state index contributed by atoms with van der Waals surface area (Å²) in [5.41, 5.74) is 0.991. The lowest BCUT2D eigenvalue weighted by molar-refractivity contribution is -0.117. The lowest BCUT2D eigenvalue weighted by Crippen LogP contribution is -2.50. The number of hydrogen-bond donors (Lipinski definition) is 1. The second-order valence-corrected chi connectivity index (χ2v) is 9.25. The van der Waals surface area contributed by atoms with Crippen molar-refractivity contribution >= 4 is 21.7 Å². The fraction of sp³-hybridized carbons (Fsp3) is 0.227. The number of anilines is 1. The fourth-order valence-corrected chi connectivity index (χ4v) is 5.00. The van der Waals surface area contributed by atoms with Gasteiger partial charge in [-0.05, 0) is 24.3 Å². The largest absolute Gasteiger partial charge is 0.308 e. The number of piperazine rings is 1. The summed E-state index contributed by atoms with van der Waals surface area (Å²) < 4.78 is 28.5. The summed E-state index contributed by atoms with van der Waals surface area (Å²) in [5.74, 6) is 0.0209. The van der Waals surface area contributed by atoms with Gasteiger partial charge < -0.3 is 5.32 Å². The smallest absolute Gasteiger partial charge is 0.243 e. The molecule has 1 saturated heterocycles. The first-order valence-electron chi connectivity index (χ1n) is 10.1. The van der Waals surface area contributed by atoms with Crippen LogP contribution in [0.25, 0.3) is 5.69 Å². The van der Waals surface area contributed by atoms with Crippen molar-refractivity contribution in [1.82, 2.24) is 19.0 Å². The maximum Gasteiger partial charge on any atom is 0.243 e. The molecule has 1 N–H and O–H groups in total. The fourth-order valence-electron chi connectivity index (χ4n) is 3.56.